The van der Waals surface area contributed by atoms with Crippen LogP contribution in [0.25, 0.3) is 0 Å². The summed E-state index contributed by atoms with van der Waals surface area (Å²) in [6.45, 7) is 2.83. The minimum atomic E-state index is -0.790. The minimum absolute atomic E-state index is 0.434. The Bertz CT molecular complexity index is 498. The summed E-state index contributed by atoms with van der Waals surface area (Å²) in [6.07, 6.45) is 2.68. The molecule has 0 saturated carbocycles. The molecule has 1 saturated heterocycles. The molecule has 1 aliphatic rings. The third-order valence-electron chi connectivity index (χ3n) is 4.06. The zero-order valence-electron chi connectivity index (χ0n) is 11.6. The van der Waals surface area contributed by atoms with E-state index in [0.29, 0.717) is 17.9 Å². The van der Waals surface area contributed by atoms with Gasteiger partial charge in [-0.2, -0.15) is 0 Å². The number of carboxylic acids is 1. The zero-order chi connectivity index (χ0) is 14.7. The summed E-state index contributed by atoms with van der Waals surface area (Å²) < 4.78 is 0. The van der Waals surface area contributed by atoms with E-state index in [1.807, 2.05) is 4.90 Å². The number of benzene rings is 1. The third-order valence-corrected chi connectivity index (χ3v) is 4.06. The van der Waals surface area contributed by atoms with Gasteiger partial charge in [-0.3, -0.25) is 4.79 Å². The van der Waals surface area contributed by atoms with Crippen LogP contribution >= 0.6 is 0 Å². The Labute approximate surface area is 118 Å². The van der Waals surface area contributed by atoms with Crippen LogP contribution in [0.2, 0.25) is 0 Å². The summed E-state index contributed by atoms with van der Waals surface area (Å²) >= 11 is 0. The number of hydrogen-bond acceptors (Lipinski definition) is 3. The lowest BCUT2D eigenvalue weighted by atomic mass is 9.88. The van der Waals surface area contributed by atoms with E-state index in [1.165, 1.54) is 0 Å². The molecule has 2 unspecified atom stereocenters. The number of anilines is 1. The molecular formula is C15H20N2O3. The Morgan fingerprint density at radius 1 is 1.35 bits per heavy atom. The molecule has 1 heterocycles. The summed E-state index contributed by atoms with van der Waals surface area (Å²) in [5.41, 5.74) is 6.47. The number of carboxylic acid groups (broad SMARTS) is 1. The number of piperidine rings is 1. The van der Waals surface area contributed by atoms with Gasteiger partial charge in [0.25, 0.3) is 0 Å². The molecule has 3 N–H and O–H groups in total. The van der Waals surface area contributed by atoms with Crippen molar-refractivity contribution in [1.82, 2.24) is 0 Å². The topological polar surface area (TPSA) is 83.6 Å². The lowest BCUT2D eigenvalue weighted by Crippen LogP contribution is -2.47. The average Bonchev–Trinajstić information content (AvgIpc) is 2.46. The molecular weight excluding hydrogens is 256 g/mol. The van der Waals surface area contributed by atoms with E-state index >= 15 is 0 Å². The Balaban J connectivity index is 2.21. The number of amides is 1. The van der Waals surface area contributed by atoms with Crippen molar-refractivity contribution in [3.63, 3.8) is 0 Å². The van der Waals surface area contributed by atoms with Gasteiger partial charge in [0, 0.05) is 17.8 Å². The highest BCUT2D eigenvalue weighted by atomic mass is 16.4. The van der Waals surface area contributed by atoms with Crippen LogP contribution in [0.5, 0.6) is 0 Å². The molecule has 0 aliphatic carbocycles. The van der Waals surface area contributed by atoms with Crippen molar-refractivity contribution in [3.05, 3.63) is 29.8 Å². The molecule has 1 amide bonds. The van der Waals surface area contributed by atoms with E-state index in [2.05, 4.69) is 6.92 Å². The van der Waals surface area contributed by atoms with Gasteiger partial charge in [-0.25, -0.2) is 4.79 Å². The van der Waals surface area contributed by atoms with Crippen molar-refractivity contribution in [2.24, 2.45) is 11.7 Å². The average molecular weight is 276 g/mol. The van der Waals surface area contributed by atoms with E-state index in [0.717, 1.165) is 25.1 Å². The molecule has 1 aromatic rings. The van der Waals surface area contributed by atoms with Gasteiger partial charge in [-0.15, -0.1) is 0 Å². The highest BCUT2D eigenvalue weighted by Crippen LogP contribution is 2.30. The number of carbonyl (C=O) groups is 2. The Morgan fingerprint density at radius 2 is 2.00 bits per heavy atom. The van der Waals surface area contributed by atoms with Gasteiger partial charge < -0.3 is 15.7 Å². The summed E-state index contributed by atoms with van der Waals surface area (Å²) in [5.74, 6) is -0.796. The van der Waals surface area contributed by atoms with E-state index in [9.17, 15) is 14.7 Å². The molecule has 5 heteroatoms. The van der Waals surface area contributed by atoms with Crippen molar-refractivity contribution >= 4 is 17.6 Å². The van der Waals surface area contributed by atoms with Crippen LogP contribution in [-0.2, 0) is 4.79 Å². The van der Waals surface area contributed by atoms with Crippen molar-refractivity contribution < 1.29 is 14.7 Å². The van der Waals surface area contributed by atoms with Gasteiger partial charge in [0.05, 0.1) is 0 Å². The van der Waals surface area contributed by atoms with Crippen LogP contribution in [0.1, 0.15) is 36.5 Å². The largest absolute Gasteiger partial charge is 0.480 e. The monoisotopic (exact) mass is 276 g/mol. The summed E-state index contributed by atoms with van der Waals surface area (Å²) in [5, 5.41) is 9.41. The number of aliphatic carboxylic acids is 1. The first kappa shape index (κ1) is 14.4. The molecule has 20 heavy (non-hydrogen) atoms. The van der Waals surface area contributed by atoms with Gasteiger partial charge in [-0.1, -0.05) is 13.3 Å². The molecule has 0 spiro atoms. The van der Waals surface area contributed by atoms with Crippen LogP contribution in [0.3, 0.4) is 0 Å². The second-order valence-electron chi connectivity index (χ2n) is 5.26. The third kappa shape index (κ3) is 2.92. The van der Waals surface area contributed by atoms with Crippen molar-refractivity contribution in [1.29, 1.82) is 0 Å². The van der Waals surface area contributed by atoms with Gasteiger partial charge in [0.1, 0.15) is 6.04 Å². The summed E-state index contributed by atoms with van der Waals surface area (Å²) in [4.78, 5) is 24.4. The molecule has 0 bridgehead atoms. The van der Waals surface area contributed by atoms with Gasteiger partial charge in [0.2, 0.25) is 5.91 Å². The molecule has 1 fully saturated rings. The van der Waals surface area contributed by atoms with Crippen molar-refractivity contribution in [2.45, 2.75) is 32.2 Å². The van der Waals surface area contributed by atoms with Crippen molar-refractivity contribution in [2.75, 3.05) is 11.4 Å². The first-order valence-electron chi connectivity index (χ1n) is 6.92. The predicted molar refractivity (Wildman–Crippen MR) is 76.7 cm³/mol. The highest BCUT2D eigenvalue weighted by molar-refractivity contribution is 5.93. The molecule has 0 radical (unpaired) electrons. The number of hydrogen-bond donors (Lipinski definition) is 2. The summed E-state index contributed by atoms with van der Waals surface area (Å²) in [7, 11) is 0. The second-order valence-corrected chi connectivity index (χ2v) is 5.26. The predicted octanol–water partition coefficient (Wildman–Crippen LogP) is 1.87. The molecule has 108 valence electrons. The molecule has 2 rings (SSSR count). The SMILES string of the molecule is CCC1CCN(c2ccc(C(N)=O)cc2)C(C(=O)O)C1. The normalized spacial score (nSPS) is 22.6. The molecule has 1 aromatic carbocycles. The van der Waals surface area contributed by atoms with E-state index in [4.69, 9.17) is 5.73 Å². The van der Waals surface area contributed by atoms with Crippen LogP contribution < -0.4 is 10.6 Å². The van der Waals surface area contributed by atoms with E-state index < -0.39 is 17.9 Å². The fraction of sp³-hybridized carbons (Fsp3) is 0.467. The fourth-order valence-corrected chi connectivity index (χ4v) is 2.77. The lowest BCUT2D eigenvalue weighted by molar-refractivity contribution is -0.139. The van der Waals surface area contributed by atoms with Gasteiger partial charge in [0.15, 0.2) is 0 Å². The number of nitrogens with two attached hydrogens (primary N) is 1. The Kier molecular flexibility index (Phi) is 4.27. The van der Waals surface area contributed by atoms with Crippen LogP contribution in [0.4, 0.5) is 5.69 Å². The fourth-order valence-electron chi connectivity index (χ4n) is 2.77. The maximum atomic E-state index is 11.5. The molecule has 0 aromatic heterocycles. The Hall–Kier alpha value is -2.04. The highest BCUT2D eigenvalue weighted by Gasteiger charge is 2.32. The first-order chi connectivity index (χ1) is 9.52. The van der Waals surface area contributed by atoms with Gasteiger partial charge in [-0.05, 0) is 43.0 Å². The zero-order valence-corrected chi connectivity index (χ0v) is 11.6. The van der Waals surface area contributed by atoms with Crippen LogP contribution in [0.15, 0.2) is 24.3 Å². The number of carbonyl (C=O) groups excluding carboxylic acids is 1. The van der Waals surface area contributed by atoms with E-state index in [1.54, 1.807) is 24.3 Å². The van der Waals surface area contributed by atoms with Crippen LogP contribution in [-0.4, -0.2) is 29.6 Å². The standard InChI is InChI=1S/C15H20N2O3/c1-2-10-7-8-17(13(9-10)15(19)20)12-5-3-11(4-6-12)14(16)18/h3-6,10,13H,2,7-9H2,1H3,(H2,16,18)(H,19,20). The first-order valence-corrected chi connectivity index (χ1v) is 6.92. The van der Waals surface area contributed by atoms with Crippen molar-refractivity contribution in [3.8, 4) is 0 Å². The molecule has 5 nitrogen and oxygen atoms in total. The smallest absolute Gasteiger partial charge is 0.326 e. The maximum Gasteiger partial charge on any atom is 0.326 e. The summed E-state index contributed by atoms with van der Waals surface area (Å²) in [6, 6.07) is 6.32. The van der Waals surface area contributed by atoms with E-state index in [-0.39, 0.29) is 0 Å². The lowest BCUT2D eigenvalue weighted by Gasteiger charge is -2.38. The van der Waals surface area contributed by atoms with Crippen LogP contribution in [0, 0.1) is 5.92 Å². The molecule has 2 atom stereocenters. The number of primary amides is 1. The number of rotatable bonds is 4. The molecule has 1 aliphatic heterocycles. The number of nitrogens with zero attached hydrogens (tertiary/aromatic N) is 1. The maximum absolute atomic E-state index is 11.5. The quantitative estimate of drug-likeness (QED) is 0.879. The minimum Gasteiger partial charge on any atom is -0.480 e. The van der Waals surface area contributed by atoms with Gasteiger partial charge >= 0.3 is 5.97 Å². The second kappa shape index (κ2) is 5.94. The Morgan fingerprint density at radius 3 is 2.50 bits per heavy atom.